The number of quaternary nitrogens is 1. The predicted octanol–water partition coefficient (Wildman–Crippen LogP) is 2.26. The minimum absolute atomic E-state index is 0.787. The maximum atomic E-state index is 6.05. The molecule has 0 fully saturated rings. The Hall–Kier alpha value is -0.730. The van der Waals surface area contributed by atoms with Crippen LogP contribution in [0.1, 0.15) is 24.0 Å². The number of hydrogen-bond donors (Lipinski definition) is 1. The van der Waals surface area contributed by atoms with E-state index in [4.69, 9.17) is 16.3 Å². The van der Waals surface area contributed by atoms with Gasteiger partial charge in [0.15, 0.2) is 0 Å². The summed E-state index contributed by atoms with van der Waals surface area (Å²) in [6.45, 7) is 6.07. The molecule has 0 aliphatic carbocycles. The van der Waals surface area contributed by atoms with Gasteiger partial charge in [0.2, 0.25) is 0 Å². The van der Waals surface area contributed by atoms with Crippen molar-refractivity contribution in [1.29, 1.82) is 0 Å². The molecule has 1 aromatic carbocycles. The highest BCUT2D eigenvalue weighted by atomic mass is 35.5. The van der Waals surface area contributed by atoms with Crippen LogP contribution in [0.4, 0.5) is 0 Å². The van der Waals surface area contributed by atoms with Crippen molar-refractivity contribution in [3.8, 4) is 5.75 Å². The van der Waals surface area contributed by atoms with Crippen molar-refractivity contribution in [2.45, 2.75) is 26.7 Å². The third-order valence-corrected chi connectivity index (χ3v) is 3.41. The van der Waals surface area contributed by atoms with E-state index >= 15 is 0 Å². The Balaban J connectivity index is 2.40. The van der Waals surface area contributed by atoms with Crippen molar-refractivity contribution < 1.29 is 9.64 Å². The monoisotopic (exact) mass is 256 g/mol. The molecule has 1 aromatic rings. The van der Waals surface area contributed by atoms with E-state index in [-0.39, 0.29) is 0 Å². The smallest absolute Gasteiger partial charge is 0.122 e. The van der Waals surface area contributed by atoms with Gasteiger partial charge in [-0.3, -0.25) is 0 Å². The van der Waals surface area contributed by atoms with E-state index in [1.807, 2.05) is 19.1 Å². The highest BCUT2D eigenvalue weighted by molar-refractivity contribution is 6.31. The van der Waals surface area contributed by atoms with Crippen molar-refractivity contribution in [3.05, 3.63) is 28.3 Å². The van der Waals surface area contributed by atoms with Crippen molar-refractivity contribution in [1.82, 2.24) is 0 Å². The van der Waals surface area contributed by atoms with Crippen molar-refractivity contribution in [2.75, 3.05) is 27.2 Å². The number of halogens is 1. The molecule has 0 unspecified atom stereocenters. The third-order valence-electron chi connectivity index (χ3n) is 3.00. The van der Waals surface area contributed by atoms with E-state index < -0.39 is 0 Å². The number of benzene rings is 1. The summed E-state index contributed by atoms with van der Waals surface area (Å²) in [6, 6.07) is 3.87. The maximum absolute atomic E-state index is 6.05. The van der Waals surface area contributed by atoms with Gasteiger partial charge in [-0.05, 0) is 49.9 Å². The van der Waals surface area contributed by atoms with E-state index in [9.17, 15) is 0 Å². The van der Waals surface area contributed by atoms with E-state index in [2.05, 4.69) is 21.0 Å². The average molecular weight is 257 g/mol. The Bertz CT molecular complexity index is 363. The van der Waals surface area contributed by atoms with Crippen LogP contribution in [0.25, 0.3) is 0 Å². The van der Waals surface area contributed by atoms with Gasteiger partial charge < -0.3 is 9.64 Å². The molecule has 0 aromatic heterocycles. The molecule has 17 heavy (non-hydrogen) atoms. The summed E-state index contributed by atoms with van der Waals surface area (Å²) in [7, 11) is 4.35. The van der Waals surface area contributed by atoms with Gasteiger partial charge in [0, 0.05) is 5.02 Å². The number of hydrogen-bond acceptors (Lipinski definition) is 1. The fourth-order valence-electron chi connectivity index (χ4n) is 1.68. The van der Waals surface area contributed by atoms with Crippen LogP contribution >= 0.6 is 11.6 Å². The second-order valence-corrected chi connectivity index (χ2v) is 5.22. The van der Waals surface area contributed by atoms with E-state index in [0.717, 1.165) is 34.9 Å². The first-order valence-corrected chi connectivity index (χ1v) is 6.57. The molecular formula is C14H23ClNO+. The Morgan fingerprint density at radius 1 is 1.12 bits per heavy atom. The molecule has 0 saturated carbocycles. The molecule has 0 bridgehead atoms. The largest absolute Gasteiger partial charge is 0.493 e. The summed E-state index contributed by atoms with van der Waals surface area (Å²) in [5.74, 6) is 0.962. The van der Waals surface area contributed by atoms with Gasteiger partial charge in [0.1, 0.15) is 5.75 Å². The highest BCUT2D eigenvalue weighted by Gasteiger charge is 2.05. The molecule has 0 spiro atoms. The zero-order chi connectivity index (χ0) is 12.8. The average Bonchev–Trinajstić information content (AvgIpc) is 2.28. The highest BCUT2D eigenvalue weighted by Crippen LogP contribution is 2.27. The van der Waals surface area contributed by atoms with Crippen LogP contribution in [0, 0.1) is 13.8 Å². The zero-order valence-corrected chi connectivity index (χ0v) is 12.0. The first-order valence-electron chi connectivity index (χ1n) is 6.20. The predicted molar refractivity (Wildman–Crippen MR) is 73.3 cm³/mol. The van der Waals surface area contributed by atoms with Crippen LogP contribution in [0.3, 0.4) is 0 Å². The van der Waals surface area contributed by atoms with Crippen LogP contribution in [0.2, 0.25) is 5.02 Å². The van der Waals surface area contributed by atoms with Gasteiger partial charge in [-0.2, -0.15) is 0 Å². The first-order chi connectivity index (χ1) is 8.02. The molecule has 0 aliphatic heterocycles. The summed E-state index contributed by atoms with van der Waals surface area (Å²) < 4.78 is 5.79. The fourth-order valence-corrected chi connectivity index (χ4v) is 1.89. The molecule has 1 rings (SSSR count). The van der Waals surface area contributed by atoms with Crippen LogP contribution in [0.15, 0.2) is 12.1 Å². The molecule has 0 atom stereocenters. The normalized spacial score (nSPS) is 10.9. The zero-order valence-electron chi connectivity index (χ0n) is 11.3. The molecular weight excluding hydrogens is 234 g/mol. The summed E-state index contributed by atoms with van der Waals surface area (Å²) in [6.07, 6.45) is 2.31. The summed E-state index contributed by atoms with van der Waals surface area (Å²) in [5.41, 5.74) is 2.26. The summed E-state index contributed by atoms with van der Waals surface area (Å²) in [4.78, 5) is 1.49. The number of ether oxygens (including phenoxy) is 1. The summed E-state index contributed by atoms with van der Waals surface area (Å²) in [5, 5.41) is 0.811. The lowest BCUT2D eigenvalue weighted by Crippen LogP contribution is -3.05. The molecule has 0 radical (unpaired) electrons. The minimum atomic E-state index is 0.787. The lowest BCUT2D eigenvalue weighted by Gasteiger charge is -2.12. The molecule has 0 aliphatic rings. The van der Waals surface area contributed by atoms with Crippen molar-refractivity contribution in [2.24, 2.45) is 0 Å². The maximum Gasteiger partial charge on any atom is 0.122 e. The van der Waals surface area contributed by atoms with Crippen LogP contribution in [-0.4, -0.2) is 27.2 Å². The fraction of sp³-hybridized carbons (Fsp3) is 0.571. The molecule has 0 amide bonds. The Morgan fingerprint density at radius 2 is 1.82 bits per heavy atom. The van der Waals surface area contributed by atoms with E-state index in [1.165, 1.54) is 17.9 Å². The quantitative estimate of drug-likeness (QED) is 0.771. The van der Waals surface area contributed by atoms with Gasteiger partial charge in [-0.15, -0.1) is 0 Å². The molecule has 0 heterocycles. The van der Waals surface area contributed by atoms with Gasteiger partial charge in [0.25, 0.3) is 0 Å². The van der Waals surface area contributed by atoms with Crippen molar-refractivity contribution >= 4 is 11.6 Å². The third kappa shape index (κ3) is 4.57. The Morgan fingerprint density at radius 3 is 2.47 bits per heavy atom. The SMILES string of the molecule is Cc1c(Cl)ccc(OCCCC[NH+](C)C)c1C. The standard InChI is InChI=1S/C14H22ClNO/c1-11-12(2)14(8-7-13(11)15)17-10-6-5-9-16(3)4/h7-8H,5-6,9-10H2,1-4H3/p+1. The van der Waals surface area contributed by atoms with Crippen LogP contribution < -0.4 is 9.64 Å². The Labute approximate surface area is 110 Å². The van der Waals surface area contributed by atoms with Gasteiger partial charge in [0.05, 0.1) is 27.2 Å². The number of nitrogens with one attached hydrogen (secondary N) is 1. The molecule has 96 valence electrons. The second kappa shape index (κ2) is 6.87. The van der Waals surface area contributed by atoms with Crippen LogP contribution in [-0.2, 0) is 0 Å². The van der Waals surface area contributed by atoms with Gasteiger partial charge >= 0.3 is 0 Å². The van der Waals surface area contributed by atoms with Crippen molar-refractivity contribution in [3.63, 3.8) is 0 Å². The minimum Gasteiger partial charge on any atom is -0.493 e. The molecule has 1 N–H and O–H groups in total. The molecule has 3 heteroatoms. The van der Waals surface area contributed by atoms with Gasteiger partial charge in [-0.1, -0.05) is 11.6 Å². The lowest BCUT2D eigenvalue weighted by molar-refractivity contribution is -0.858. The Kier molecular flexibility index (Phi) is 5.79. The topological polar surface area (TPSA) is 13.7 Å². The molecule has 2 nitrogen and oxygen atoms in total. The molecule has 0 saturated heterocycles. The van der Waals surface area contributed by atoms with Crippen LogP contribution in [0.5, 0.6) is 5.75 Å². The van der Waals surface area contributed by atoms with Gasteiger partial charge in [-0.25, -0.2) is 0 Å². The van der Waals surface area contributed by atoms with E-state index in [1.54, 1.807) is 0 Å². The van der Waals surface area contributed by atoms with E-state index in [0.29, 0.717) is 0 Å². The first kappa shape index (κ1) is 14.3. The number of rotatable bonds is 6. The lowest BCUT2D eigenvalue weighted by atomic mass is 10.1. The summed E-state index contributed by atoms with van der Waals surface area (Å²) >= 11 is 6.05. The second-order valence-electron chi connectivity index (χ2n) is 4.81. The number of unbranched alkanes of at least 4 members (excludes halogenated alkanes) is 1.